The third kappa shape index (κ3) is 4.56. The summed E-state index contributed by atoms with van der Waals surface area (Å²) in [4.78, 5) is 4.62. The molecule has 0 atom stereocenters. The molecule has 31 heavy (non-hydrogen) atoms. The number of methoxy groups -OCH3 is 3. The summed E-state index contributed by atoms with van der Waals surface area (Å²) in [6.07, 6.45) is 2.47. The van der Waals surface area contributed by atoms with Crippen molar-refractivity contribution < 1.29 is 18.9 Å². The van der Waals surface area contributed by atoms with E-state index in [1.165, 1.54) is 0 Å². The van der Waals surface area contributed by atoms with Crippen LogP contribution in [0.5, 0.6) is 23.0 Å². The van der Waals surface area contributed by atoms with Gasteiger partial charge in [-0.3, -0.25) is 4.98 Å². The molecule has 5 heteroatoms. The van der Waals surface area contributed by atoms with Crippen molar-refractivity contribution in [3.63, 3.8) is 0 Å². The molecule has 0 saturated heterocycles. The van der Waals surface area contributed by atoms with E-state index in [4.69, 9.17) is 18.9 Å². The van der Waals surface area contributed by atoms with E-state index in [2.05, 4.69) is 4.98 Å². The van der Waals surface area contributed by atoms with Crippen LogP contribution < -0.4 is 18.9 Å². The second kappa shape index (κ2) is 9.39. The fraction of sp³-hybridized carbons (Fsp3) is 0.192. The zero-order chi connectivity index (χ0) is 21.6. The summed E-state index contributed by atoms with van der Waals surface area (Å²) in [6.45, 7) is 0.489. The van der Waals surface area contributed by atoms with Crippen molar-refractivity contribution in [2.75, 3.05) is 21.3 Å². The molecule has 0 saturated carbocycles. The van der Waals surface area contributed by atoms with Gasteiger partial charge in [-0.2, -0.15) is 0 Å². The minimum Gasteiger partial charge on any atom is -0.493 e. The fourth-order valence-electron chi connectivity index (χ4n) is 3.57. The lowest BCUT2D eigenvalue weighted by Gasteiger charge is -2.14. The standard InChI is InChI=1S/C26H25NO4/c1-28-24-14-19(9-10-23(24)31-17-18-7-5-4-6-8-18)13-22-21-16-26(30-3)25(29-2)15-20(21)11-12-27-22/h4-12,14-16H,13,17H2,1-3H3. The van der Waals surface area contributed by atoms with Crippen LogP contribution in [0.2, 0.25) is 0 Å². The molecular formula is C26H25NO4. The molecule has 4 rings (SSSR count). The van der Waals surface area contributed by atoms with Gasteiger partial charge in [0.25, 0.3) is 0 Å². The van der Waals surface area contributed by atoms with Crippen molar-refractivity contribution in [1.29, 1.82) is 0 Å². The average Bonchev–Trinajstić information content (AvgIpc) is 2.83. The number of pyridine rings is 1. The molecule has 1 heterocycles. The maximum atomic E-state index is 5.97. The van der Waals surface area contributed by atoms with Gasteiger partial charge in [0.2, 0.25) is 0 Å². The minimum absolute atomic E-state index is 0.489. The Morgan fingerprint density at radius 3 is 2.13 bits per heavy atom. The summed E-state index contributed by atoms with van der Waals surface area (Å²) >= 11 is 0. The number of fused-ring (bicyclic) bond motifs is 1. The van der Waals surface area contributed by atoms with Crippen molar-refractivity contribution in [2.24, 2.45) is 0 Å². The van der Waals surface area contributed by atoms with Crippen LogP contribution >= 0.6 is 0 Å². The van der Waals surface area contributed by atoms with Crippen LogP contribution in [0.3, 0.4) is 0 Å². The monoisotopic (exact) mass is 415 g/mol. The van der Waals surface area contributed by atoms with E-state index < -0.39 is 0 Å². The Labute approximate surface area is 182 Å². The highest BCUT2D eigenvalue weighted by molar-refractivity contribution is 5.88. The SMILES string of the molecule is COc1cc2ccnc(Cc3ccc(OCc4ccccc4)c(OC)c3)c2cc1OC. The molecule has 0 spiro atoms. The van der Waals surface area contributed by atoms with Gasteiger partial charge in [0, 0.05) is 18.0 Å². The van der Waals surface area contributed by atoms with E-state index in [0.717, 1.165) is 27.6 Å². The van der Waals surface area contributed by atoms with Gasteiger partial charge in [0.05, 0.1) is 27.0 Å². The van der Waals surface area contributed by atoms with Crippen molar-refractivity contribution >= 4 is 10.8 Å². The number of ether oxygens (including phenoxy) is 4. The zero-order valence-corrected chi connectivity index (χ0v) is 17.9. The molecule has 0 radical (unpaired) electrons. The Hall–Kier alpha value is -3.73. The first-order valence-electron chi connectivity index (χ1n) is 10.0. The number of nitrogens with zero attached hydrogens (tertiary/aromatic N) is 1. The van der Waals surface area contributed by atoms with Crippen molar-refractivity contribution in [1.82, 2.24) is 4.98 Å². The number of hydrogen-bond acceptors (Lipinski definition) is 5. The molecule has 0 amide bonds. The number of rotatable bonds is 8. The number of aromatic nitrogens is 1. The maximum Gasteiger partial charge on any atom is 0.161 e. The van der Waals surface area contributed by atoms with Gasteiger partial charge in [-0.1, -0.05) is 36.4 Å². The molecular weight excluding hydrogens is 390 g/mol. The van der Waals surface area contributed by atoms with E-state index in [-0.39, 0.29) is 0 Å². The molecule has 0 bridgehead atoms. The van der Waals surface area contributed by atoms with Gasteiger partial charge < -0.3 is 18.9 Å². The Bertz CT molecular complexity index is 1170. The third-order valence-corrected chi connectivity index (χ3v) is 5.19. The molecule has 3 aromatic carbocycles. The summed E-state index contributed by atoms with van der Waals surface area (Å²) in [5.74, 6) is 2.81. The Morgan fingerprint density at radius 2 is 1.39 bits per heavy atom. The predicted molar refractivity (Wildman–Crippen MR) is 121 cm³/mol. The molecule has 5 nitrogen and oxygen atoms in total. The summed E-state index contributed by atoms with van der Waals surface area (Å²) in [6, 6.07) is 22.0. The van der Waals surface area contributed by atoms with Crippen molar-refractivity contribution in [3.05, 3.63) is 89.7 Å². The van der Waals surface area contributed by atoms with Crippen LogP contribution in [0.25, 0.3) is 10.8 Å². The van der Waals surface area contributed by atoms with Gasteiger partial charge in [0.1, 0.15) is 6.61 Å². The summed E-state index contributed by atoms with van der Waals surface area (Å²) in [7, 11) is 4.93. The minimum atomic E-state index is 0.489. The number of hydrogen-bond donors (Lipinski definition) is 0. The lowest BCUT2D eigenvalue weighted by atomic mass is 10.0. The summed E-state index contributed by atoms with van der Waals surface area (Å²) in [5, 5.41) is 2.08. The van der Waals surface area contributed by atoms with E-state index in [1.807, 2.05) is 72.9 Å². The molecule has 0 aliphatic carbocycles. The first-order chi connectivity index (χ1) is 15.2. The van der Waals surface area contributed by atoms with Crippen LogP contribution in [0.1, 0.15) is 16.8 Å². The van der Waals surface area contributed by atoms with Gasteiger partial charge in [0.15, 0.2) is 23.0 Å². The topological polar surface area (TPSA) is 49.8 Å². The molecule has 0 fully saturated rings. The first-order valence-corrected chi connectivity index (χ1v) is 10.0. The Morgan fingerprint density at radius 1 is 0.677 bits per heavy atom. The zero-order valence-electron chi connectivity index (χ0n) is 17.9. The Kier molecular flexibility index (Phi) is 6.22. The molecule has 0 unspecified atom stereocenters. The summed E-state index contributed by atoms with van der Waals surface area (Å²) in [5.41, 5.74) is 3.15. The lowest BCUT2D eigenvalue weighted by Crippen LogP contribution is -2.00. The Balaban J connectivity index is 1.60. The van der Waals surface area contributed by atoms with E-state index in [1.54, 1.807) is 21.3 Å². The highest BCUT2D eigenvalue weighted by Gasteiger charge is 2.12. The van der Waals surface area contributed by atoms with Crippen LogP contribution in [0, 0.1) is 0 Å². The fourth-order valence-corrected chi connectivity index (χ4v) is 3.57. The second-order valence-corrected chi connectivity index (χ2v) is 7.12. The van der Waals surface area contributed by atoms with E-state index >= 15 is 0 Å². The summed E-state index contributed by atoms with van der Waals surface area (Å²) < 4.78 is 22.5. The van der Waals surface area contributed by atoms with Gasteiger partial charge >= 0.3 is 0 Å². The van der Waals surface area contributed by atoms with Crippen molar-refractivity contribution in [3.8, 4) is 23.0 Å². The quantitative estimate of drug-likeness (QED) is 0.384. The molecule has 4 aromatic rings. The van der Waals surface area contributed by atoms with Crippen LogP contribution in [0.4, 0.5) is 0 Å². The molecule has 0 aliphatic rings. The van der Waals surface area contributed by atoms with Crippen LogP contribution in [0.15, 0.2) is 72.9 Å². The number of benzene rings is 3. The molecule has 1 aromatic heterocycles. The van der Waals surface area contributed by atoms with E-state index in [9.17, 15) is 0 Å². The highest BCUT2D eigenvalue weighted by Crippen LogP contribution is 2.34. The van der Waals surface area contributed by atoms with E-state index in [0.29, 0.717) is 36.0 Å². The van der Waals surface area contributed by atoms with Gasteiger partial charge in [-0.05, 0) is 46.8 Å². The van der Waals surface area contributed by atoms with Gasteiger partial charge in [-0.15, -0.1) is 0 Å². The maximum absolute atomic E-state index is 5.97. The first kappa shape index (κ1) is 20.5. The lowest BCUT2D eigenvalue weighted by molar-refractivity contribution is 0.284. The average molecular weight is 415 g/mol. The highest BCUT2D eigenvalue weighted by atomic mass is 16.5. The smallest absolute Gasteiger partial charge is 0.161 e. The predicted octanol–water partition coefficient (Wildman–Crippen LogP) is 5.43. The van der Waals surface area contributed by atoms with Gasteiger partial charge in [-0.25, -0.2) is 0 Å². The molecule has 158 valence electrons. The molecule has 0 N–H and O–H groups in total. The second-order valence-electron chi connectivity index (χ2n) is 7.12. The van der Waals surface area contributed by atoms with Crippen molar-refractivity contribution in [2.45, 2.75) is 13.0 Å². The van der Waals surface area contributed by atoms with Crippen LogP contribution in [-0.2, 0) is 13.0 Å². The van der Waals surface area contributed by atoms with Crippen LogP contribution in [-0.4, -0.2) is 26.3 Å². The largest absolute Gasteiger partial charge is 0.493 e. The third-order valence-electron chi connectivity index (χ3n) is 5.19. The molecule has 0 aliphatic heterocycles. The normalized spacial score (nSPS) is 10.7.